The van der Waals surface area contributed by atoms with Crippen molar-refractivity contribution in [2.45, 2.75) is 38.6 Å². The molecule has 1 aromatic carbocycles. The van der Waals surface area contributed by atoms with Crippen molar-refractivity contribution < 1.29 is 14.7 Å². The van der Waals surface area contributed by atoms with Gasteiger partial charge in [0.05, 0.1) is 5.92 Å². The fraction of sp³-hybridized carbons (Fsp3) is 0.500. The van der Waals surface area contributed by atoms with Crippen molar-refractivity contribution in [1.29, 1.82) is 0 Å². The van der Waals surface area contributed by atoms with Gasteiger partial charge >= 0.3 is 12.0 Å². The summed E-state index contributed by atoms with van der Waals surface area (Å²) in [6, 6.07) is 9.28. The van der Waals surface area contributed by atoms with Crippen molar-refractivity contribution in [3.05, 3.63) is 30.3 Å². The Morgan fingerprint density at radius 3 is 2.62 bits per heavy atom. The second kappa shape index (κ2) is 7.11. The van der Waals surface area contributed by atoms with E-state index in [2.05, 4.69) is 5.32 Å². The highest BCUT2D eigenvalue weighted by molar-refractivity contribution is 5.92. The van der Waals surface area contributed by atoms with E-state index in [0.29, 0.717) is 19.4 Å². The highest BCUT2D eigenvalue weighted by Gasteiger charge is 2.28. The Bertz CT molecular complexity index is 490. The van der Waals surface area contributed by atoms with E-state index in [9.17, 15) is 9.59 Å². The third kappa shape index (κ3) is 3.97. The van der Waals surface area contributed by atoms with Crippen LogP contribution in [-0.2, 0) is 4.79 Å². The maximum Gasteiger partial charge on any atom is 0.322 e. The zero-order valence-electron chi connectivity index (χ0n) is 12.3. The van der Waals surface area contributed by atoms with Gasteiger partial charge in [0.25, 0.3) is 0 Å². The molecule has 21 heavy (non-hydrogen) atoms. The van der Waals surface area contributed by atoms with Gasteiger partial charge in [-0.2, -0.15) is 0 Å². The predicted molar refractivity (Wildman–Crippen MR) is 81.4 cm³/mol. The SMILES string of the molecule is CCN(C(=O)NC1CCCC(C(=O)O)C1)c1ccccc1. The Morgan fingerprint density at radius 2 is 2.00 bits per heavy atom. The van der Waals surface area contributed by atoms with Crippen LogP contribution in [0.15, 0.2) is 30.3 Å². The minimum atomic E-state index is -0.760. The molecule has 1 aliphatic carbocycles. The van der Waals surface area contributed by atoms with Gasteiger partial charge in [-0.1, -0.05) is 24.6 Å². The van der Waals surface area contributed by atoms with Crippen LogP contribution in [0.5, 0.6) is 0 Å². The molecule has 5 heteroatoms. The van der Waals surface area contributed by atoms with E-state index < -0.39 is 5.97 Å². The van der Waals surface area contributed by atoms with Crippen LogP contribution >= 0.6 is 0 Å². The fourth-order valence-electron chi connectivity index (χ4n) is 2.85. The predicted octanol–water partition coefficient (Wildman–Crippen LogP) is 2.87. The highest BCUT2D eigenvalue weighted by atomic mass is 16.4. The van der Waals surface area contributed by atoms with Crippen molar-refractivity contribution in [3.63, 3.8) is 0 Å². The van der Waals surface area contributed by atoms with Crippen molar-refractivity contribution in [1.82, 2.24) is 5.32 Å². The summed E-state index contributed by atoms with van der Waals surface area (Å²) in [5.74, 6) is -1.10. The molecule has 0 bridgehead atoms. The molecule has 0 aromatic heterocycles. The van der Waals surface area contributed by atoms with Crippen LogP contribution in [0.1, 0.15) is 32.6 Å². The molecule has 0 heterocycles. The molecular formula is C16H22N2O3. The van der Waals surface area contributed by atoms with Crippen LogP contribution in [0.4, 0.5) is 10.5 Å². The summed E-state index contributed by atoms with van der Waals surface area (Å²) < 4.78 is 0. The number of anilines is 1. The lowest BCUT2D eigenvalue weighted by atomic mass is 9.86. The molecule has 0 aliphatic heterocycles. The number of aliphatic carboxylic acids is 1. The Morgan fingerprint density at radius 1 is 1.29 bits per heavy atom. The van der Waals surface area contributed by atoms with Crippen molar-refractivity contribution in [2.24, 2.45) is 5.92 Å². The van der Waals surface area contributed by atoms with Crippen LogP contribution < -0.4 is 10.2 Å². The zero-order chi connectivity index (χ0) is 15.2. The van der Waals surface area contributed by atoms with E-state index in [-0.39, 0.29) is 18.0 Å². The molecule has 0 spiro atoms. The van der Waals surface area contributed by atoms with E-state index in [1.807, 2.05) is 37.3 Å². The molecule has 2 unspecified atom stereocenters. The molecule has 114 valence electrons. The second-order valence-corrected chi connectivity index (χ2v) is 5.43. The summed E-state index contributed by atoms with van der Waals surface area (Å²) in [5.41, 5.74) is 0.850. The number of carbonyl (C=O) groups excluding carboxylic acids is 1. The van der Waals surface area contributed by atoms with Gasteiger partial charge in [0.2, 0.25) is 0 Å². The Hall–Kier alpha value is -2.04. The van der Waals surface area contributed by atoms with E-state index >= 15 is 0 Å². The summed E-state index contributed by atoms with van der Waals surface area (Å²) in [6.07, 6.45) is 2.92. The third-order valence-electron chi connectivity index (χ3n) is 3.98. The smallest absolute Gasteiger partial charge is 0.322 e. The minimum absolute atomic E-state index is 0.0508. The van der Waals surface area contributed by atoms with Crippen LogP contribution in [-0.4, -0.2) is 29.7 Å². The first-order valence-electron chi connectivity index (χ1n) is 7.47. The molecule has 5 nitrogen and oxygen atoms in total. The summed E-state index contributed by atoms with van der Waals surface area (Å²) in [4.78, 5) is 25.1. The summed E-state index contributed by atoms with van der Waals surface area (Å²) in [6.45, 7) is 2.50. The second-order valence-electron chi connectivity index (χ2n) is 5.43. The lowest BCUT2D eigenvalue weighted by Gasteiger charge is -2.30. The normalized spacial score (nSPS) is 21.6. The number of nitrogens with one attached hydrogen (secondary N) is 1. The Balaban J connectivity index is 1.98. The first kappa shape index (κ1) is 15.4. The van der Waals surface area contributed by atoms with E-state index in [0.717, 1.165) is 18.5 Å². The van der Waals surface area contributed by atoms with Crippen LogP contribution in [0.25, 0.3) is 0 Å². The number of benzene rings is 1. The number of amides is 2. The number of rotatable bonds is 4. The first-order valence-corrected chi connectivity index (χ1v) is 7.47. The van der Waals surface area contributed by atoms with E-state index in [1.165, 1.54) is 0 Å². The number of hydrogen-bond acceptors (Lipinski definition) is 2. The number of para-hydroxylation sites is 1. The maximum atomic E-state index is 12.4. The standard InChI is InChI=1S/C16H22N2O3/c1-2-18(14-9-4-3-5-10-14)16(21)17-13-8-6-7-12(11-13)15(19)20/h3-5,9-10,12-13H,2,6-8,11H2,1H3,(H,17,21)(H,19,20). The first-order chi connectivity index (χ1) is 10.1. The number of urea groups is 1. The molecule has 1 aliphatic rings. The fourth-order valence-corrected chi connectivity index (χ4v) is 2.85. The molecule has 1 saturated carbocycles. The van der Waals surface area contributed by atoms with E-state index in [1.54, 1.807) is 4.90 Å². The largest absolute Gasteiger partial charge is 0.481 e. The van der Waals surface area contributed by atoms with Crippen molar-refractivity contribution in [3.8, 4) is 0 Å². The van der Waals surface area contributed by atoms with Gasteiger partial charge in [-0.3, -0.25) is 9.69 Å². The highest BCUT2D eigenvalue weighted by Crippen LogP contribution is 2.25. The topological polar surface area (TPSA) is 69.6 Å². The zero-order valence-corrected chi connectivity index (χ0v) is 12.3. The van der Waals surface area contributed by atoms with Gasteiger partial charge in [-0.25, -0.2) is 4.79 Å². The summed E-state index contributed by atoms with van der Waals surface area (Å²) >= 11 is 0. The molecule has 2 amide bonds. The van der Waals surface area contributed by atoms with Gasteiger partial charge in [0, 0.05) is 18.3 Å². The Kier molecular flexibility index (Phi) is 5.20. The molecule has 0 saturated heterocycles. The van der Waals surface area contributed by atoms with Gasteiger partial charge in [-0.15, -0.1) is 0 Å². The summed E-state index contributed by atoms with van der Waals surface area (Å²) in [7, 11) is 0. The quantitative estimate of drug-likeness (QED) is 0.895. The Labute approximate surface area is 125 Å². The molecule has 1 aromatic rings. The molecule has 2 atom stereocenters. The van der Waals surface area contributed by atoms with Crippen LogP contribution in [0.3, 0.4) is 0 Å². The van der Waals surface area contributed by atoms with Gasteiger partial charge in [0.1, 0.15) is 0 Å². The van der Waals surface area contributed by atoms with Gasteiger partial charge < -0.3 is 10.4 Å². The van der Waals surface area contributed by atoms with Crippen LogP contribution in [0, 0.1) is 5.92 Å². The van der Waals surface area contributed by atoms with Gasteiger partial charge in [0.15, 0.2) is 0 Å². The number of carboxylic acid groups (broad SMARTS) is 1. The number of carbonyl (C=O) groups is 2. The third-order valence-corrected chi connectivity index (χ3v) is 3.98. The number of nitrogens with zero attached hydrogens (tertiary/aromatic N) is 1. The minimum Gasteiger partial charge on any atom is -0.481 e. The number of carboxylic acids is 1. The lowest BCUT2D eigenvalue weighted by Crippen LogP contribution is -2.47. The molecular weight excluding hydrogens is 268 g/mol. The molecule has 1 fully saturated rings. The van der Waals surface area contributed by atoms with Gasteiger partial charge in [-0.05, 0) is 38.3 Å². The molecule has 2 rings (SSSR count). The lowest BCUT2D eigenvalue weighted by molar-refractivity contribution is -0.143. The van der Waals surface area contributed by atoms with Crippen molar-refractivity contribution in [2.75, 3.05) is 11.4 Å². The monoisotopic (exact) mass is 290 g/mol. The average Bonchev–Trinajstić information content (AvgIpc) is 2.49. The van der Waals surface area contributed by atoms with Crippen LogP contribution in [0.2, 0.25) is 0 Å². The number of hydrogen-bond donors (Lipinski definition) is 2. The summed E-state index contributed by atoms with van der Waals surface area (Å²) in [5, 5.41) is 12.1. The van der Waals surface area contributed by atoms with E-state index in [4.69, 9.17) is 5.11 Å². The molecule has 2 N–H and O–H groups in total. The van der Waals surface area contributed by atoms with Crippen molar-refractivity contribution >= 4 is 17.7 Å². The maximum absolute atomic E-state index is 12.4. The molecule has 0 radical (unpaired) electrons. The average molecular weight is 290 g/mol.